The lowest BCUT2D eigenvalue weighted by Crippen LogP contribution is -2.38. The smallest absolute Gasteiger partial charge is 0.339 e. The van der Waals surface area contributed by atoms with Crippen molar-refractivity contribution in [1.29, 1.82) is 0 Å². The van der Waals surface area contributed by atoms with Gasteiger partial charge in [-0.2, -0.15) is 0 Å². The van der Waals surface area contributed by atoms with E-state index in [2.05, 4.69) is 10.3 Å². The van der Waals surface area contributed by atoms with E-state index in [9.17, 15) is 9.59 Å². The number of amides is 1. The first-order chi connectivity index (χ1) is 12.2. The van der Waals surface area contributed by atoms with Crippen LogP contribution < -0.4 is 5.32 Å². The van der Waals surface area contributed by atoms with Crippen molar-refractivity contribution in [1.82, 2.24) is 9.55 Å². The minimum atomic E-state index is -0.854. The van der Waals surface area contributed by atoms with Crippen molar-refractivity contribution in [2.24, 2.45) is 0 Å². The number of rotatable bonds is 3. The van der Waals surface area contributed by atoms with Crippen molar-refractivity contribution in [3.05, 3.63) is 59.7 Å². The average molecular weight is 335 g/mol. The Morgan fingerprint density at radius 3 is 2.84 bits per heavy atom. The number of cyclic esters (lactones) is 1. The fraction of sp³-hybridized carbons (Fsp3) is 0.211. The second-order valence-corrected chi connectivity index (χ2v) is 5.91. The van der Waals surface area contributed by atoms with Gasteiger partial charge in [-0.15, -0.1) is 0 Å². The van der Waals surface area contributed by atoms with Crippen LogP contribution in [-0.4, -0.2) is 27.5 Å². The Morgan fingerprint density at radius 2 is 2.00 bits per heavy atom. The number of hydrogen-bond acceptors (Lipinski definition) is 4. The molecule has 1 amide bonds. The van der Waals surface area contributed by atoms with Crippen LogP contribution in [0.5, 0.6) is 0 Å². The summed E-state index contributed by atoms with van der Waals surface area (Å²) >= 11 is 0. The van der Waals surface area contributed by atoms with Gasteiger partial charge in [0.05, 0.1) is 16.6 Å². The van der Waals surface area contributed by atoms with Crippen molar-refractivity contribution in [2.75, 3.05) is 5.32 Å². The number of nitrogens with one attached hydrogen (secondary N) is 1. The molecule has 1 aromatic heterocycles. The third-order valence-electron chi connectivity index (χ3n) is 4.39. The number of carbonyl (C=O) groups is 2. The molecule has 0 spiro atoms. The number of ether oxygens (including phenoxy) is 1. The molecule has 2 aromatic carbocycles. The molecule has 0 saturated carbocycles. The Bertz CT molecular complexity index is 977. The molecule has 3 aromatic rings. The number of imidazole rings is 1. The number of carbonyl (C=O) groups excluding carboxylic acids is 2. The van der Waals surface area contributed by atoms with Crippen molar-refractivity contribution >= 4 is 28.9 Å². The lowest BCUT2D eigenvalue weighted by Gasteiger charge is -2.23. The van der Waals surface area contributed by atoms with E-state index in [0.717, 1.165) is 16.6 Å². The molecule has 1 aliphatic heterocycles. The lowest BCUT2D eigenvalue weighted by molar-refractivity contribution is -0.125. The van der Waals surface area contributed by atoms with E-state index in [-0.39, 0.29) is 5.91 Å². The molecule has 0 unspecified atom stereocenters. The maximum Gasteiger partial charge on any atom is 0.339 e. The Hall–Kier alpha value is -3.15. The maximum atomic E-state index is 12.6. The molecule has 1 N–H and O–H groups in total. The number of anilines is 1. The van der Waals surface area contributed by atoms with Crippen molar-refractivity contribution in [3.8, 4) is 0 Å². The molecular formula is C19H17N3O3. The molecule has 0 aliphatic carbocycles. The molecular weight excluding hydrogens is 318 g/mol. The molecule has 4 rings (SSSR count). The van der Waals surface area contributed by atoms with Gasteiger partial charge in [0.1, 0.15) is 0 Å². The summed E-state index contributed by atoms with van der Waals surface area (Å²) in [6.07, 6.45) is -0.493. The van der Waals surface area contributed by atoms with E-state index in [1.165, 1.54) is 0 Å². The first-order valence-corrected chi connectivity index (χ1v) is 8.22. The van der Waals surface area contributed by atoms with Crippen LogP contribution in [-0.2, 0) is 22.5 Å². The predicted octanol–water partition coefficient (Wildman–Crippen LogP) is 2.78. The van der Waals surface area contributed by atoms with Crippen molar-refractivity contribution < 1.29 is 14.3 Å². The SMILES string of the molecule is CCn1c(NC(=O)[C@@H]2Cc3ccccc3C(=O)O2)nc2ccccc21. The second kappa shape index (κ2) is 6.05. The van der Waals surface area contributed by atoms with Crippen LogP contribution in [0.1, 0.15) is 22.8 Å². The number of esters is 1. The fourth-order valence-corrected chi connectivity index (χ4v) is 3.16. The number of fused-ring (bicyclic) bond motifs is 2. The summed E-state index contributed by atoms with van der Waals surface area (Å²) in [4.78, 5) is 29.2. The molecule has 2 heterocycles. The van der Waals surface area contributed by atoms with Gasteiger partial charge in [0.2, 0.25) is 5.95 Å². The molecule has 0 bridgehead atoms. The molecule has 0 fully saturated rings. The standard InChI is InChI=1S/C19H17N3O3/c1-2-22-15-10-6-5-9-14(15)20-19(22)21-17(23)16-11-12-7-3-4-8-13(12)18(24)25-16/h3-10,16H,2,11H2,1H3,(H,20,21,23)/t16-/m0/s1. The van der Waals surface area contributed by atoms with Crippen LogP contribution in [0.3, 0.4) is 0 Å². The quantitative estimate of drug-likeness (QED) is 0.747. The van der Waals surface area contributed by atoms with Crippen LogP contribution in [0, 0.1) is 0 Å². The van der Waals surface area contributed by atoms with Crippen LogP contribution in [0.4, 0.5) is 5.95 Å². The number of aryl methyl sites for hydroxylation is 1. The Balaban J connectivity index is 1.60. The Kier molecular flexibility index (Phi) is 3.72. The van der Waals surface area contributed by atoms with Crippen molar-refractivity contribution in [2.45, 2.75) is 26.0 Å². The number of hydrogen-bond donors (Lipinski definition) is 1. The normalized spacial score (nSPS) is 16.4. The predicted molar refractivity (Wildman–Crippen MR) is 93.4 cm³/mol. The number of benzene rings is 2. The zero-order valence-electron chi connectivity index (χ0n) is 13.7. The lowest BCUT2D eigenvalue weighted by atomic mass is 9.98. The number of aromatic nitrogens is 2. The molecule has 25 heavy (non-hydrogen) atoms. The molecule has 6 nitrogen and oxygen atoms in total. The Morgan fingerprint density at radius 1 is 1.24 bits per heavy atom. The van der Waals surface area contributed by atoms with E-state index < -0.39 is 12.1 Å². The average Bonchev–Trinajstić information content (AvgIpc) is 2.98. The maximum absolute atomic E-state index is 12.6. The topological polar surface area (TPSA) is 73.2 Å². The zero-order chi connectivity index (χ0) is 17.4. The van der Waals surface area contributed by atoms with Crippen LogP contribution in [0.25, 0.3) is 11.0 Å². The third kappa shape index (κ3) is 2.65. The van der Waals surface area contributed by atoms with Gasteiger partial charge in [0.25, 0.3) is 5.91 Å². The minimum absolute atomic E-state index is 0.361. The summed E-state index contributed by atoms with van der Waals surface area (Å²) in [5.74, 6) is -0.373. The zero-order valence-corrected chi connectivity index (χ0v) is 13.7. The molecule has 126 valence electrons. The highest BCUT2D eigenvalue weighted by Gasteiger charge is 2.31. The molecule has 1 atom stereocenters. The van der Waals surface area contributed by atoms with Gasteiger partial charge in [-0.3, -0.25) is 10.1 Å². The molecule has 0 radical (unpaired) electrons. The Labute approximate surface area is 144 Å². The van der Waals surface area contributed by atoms with E-state index in [0.29, 0.717) is 24.5 Å². The summed E-state index contributed by atoms with van der Waals surface area (Å²) in [6, 6.07) is 14.9. The van der Waals surface area contributed by atoms with Gasteiger partial charge in [0.15, 0.2) is 6.10 Å². The van der Waals surface area contributed by atoms with E-state index in [1.807, 2.05) is 47.9 Å². The monoisotopic (exact) mass is 335 g/mol. The number of para-hydroxylation sites is 2. The summed E-state index contributed by atoms with van der Waals surface area (Å²) in [7, 11) is 0. The number of nitrogens with zero attached hydrogens (tertiary/aromatic N) is 2. The highest BCUT2D eigenvalue weighted by molar-refractivity contribution is 6.00. The molecule has 6 heteroatoms. The highest BCUT2D eigenvalue weighted by Crippen LogP contribution is 2.23. The minimum Gasteiger partial charge on any atom is -0.448 e. The van der Waals surface area contributed by atoms with Crippen LogP contribution in [0.2, 0.25) is 0 Å². The van der Waals surface area contributed by atoms with Crippen molar-refractivity contribution in [3.63, 3.8) is 0 Å². The first-order valence-electron chi connectivity index (χ1n) is 8.22. The summed E-state index contributed by atoms with van der Waals surface area (Å²) in [6.45, 7) is 2.66. The van der Waals surface area contributed by atoms with Crippen LogP contribution in [0.15, 0.2) is 48.5 Å². The largest absolute Gasteiger partial charge is 0.448 e. The van der Waals surface area contributed by atoms with E-state index >= 15 is 0 Å². The molecule has 1 aliphatic rings. The van der Waals surface area contributed by atoms with Gasteiger partial charge in [0, 0.05) is 13.0 Å². The van der Waals surface area contributed by atoms with Gasteiger partial charge in [-0.25, -0.2) is 9.78 Å². The van der Waals surface area contributed by atoms with E-state index in [4.69, 9.17) is 4.74 Å². The highest BCUT2D eigenvalue weighted by atomic mass is 16.5. The third-order valence-corrected chi connectivity index (χ3v) is 4.39. The van der Waals surface area contributed by atoms with Gasteiger partial charge < -0.3 is 9.30 Å². The van der Waals surface area contributed by atoms with Gasteiger partial charge >= 0.3 is 5.97 Å². The van der Waals surface area contributed by atoms with Gasteiger partial charge in [-0.1, -0.05) is 30.3 Å². The molecule has 0 saturated heterocycles. The summed E-state index contributed by atoms with van der Waals surface area (Å²) in [5.41, 5.74) is 3.10. The second-order valence-electron chi connectivity index (χ2n) is 5.91. The first kappa shape index (κ1) is 15.4. The summed E-state index contributed by atoms with van der Waals surface area (Å²) in [5, 5.41) is 2.81. The van der Waals surface area contributed by atoms with E-state index in [1.54, 1.807) is 12.1 Å². The van der Waals surface area contributed by atoms with Gasteiger partial charge in [-0.05, 0) is 30.7 Å². The summed E-state index contributed by atoms with van der Waals surface area (Å²) < 4.78 is 7.23. The fourth-order valence-electron chi connectivity index (χ4n) is 3.16. The van der Waals surface area contributed by atoms with Crippen LogP contribution >= 0.6 is 0 Å².